The van der Waals surface area contributed by atoms with Gasteiger partial charge in [0, 0.05) is 50.7 Å². The van der Waals surface area contributed by atoms with E-state index in [0.29, 0.717) is 49.3 Å². The molecular formula is C21H23N7O2. The van der Waals surface area contributed by atoms with Crippen molar-refractivity contribution in [1.82, 2.24) is 24.8 Å². The van der Waals surface area contributed by atoms with E-state index in [1.807, 2.05) is 36.1 Å². The van der Waals surface area contributed by atoms with E-state index in [1.165, 1.54) is 0 Å². The summed E-state index contributed by atoms with van der Waals surface area (Å²) >= 11 is 0. The Hall–Kier alpha value is -3.75. The largest absolute Gasteiger partial charge is 0.481 e. The lowest BCUT2D eigenvalue weighted by Gasteiger charge is -2.35. The van der Waals surface area contributed by atoms with E-state index < -0.39 is 0 Å². The van der Waals surface area contributed by atoms with Crippen LogP contribution in [0.2, 0.25) is 0 Å². The zero-order valence-electron chi connectivity index (χ0n) is 16.9. The number of nitrogens with zero attached hydrogens (tertiary/aromatic N) is 6. The minimum Gasteiger partial charge on any atom is -0.481 e. The van der Waals surface area contributed by atoms with Crippen LogP contribution in [0.5, 0.6) is 5.88 Å². The van der Waals surface area contributed by atoms with Gasteiger partial charge in [0.05, 0.1) is 12.7 Å². The van der Waals surface area contributed by atoms with Crippen LogP contribution in [0.4, 0.5) is 17.5 Å². The quantitative estimate of drug-likeness (QED) is 0.691. The van der Waals surface area contributed by atoms with Crippen molar-refractivity contribution < 1.29 is 9.53 Å². The molecule has 9 heteroatoms. The monoisotopic (exact) mass is 405 g/mol. The molecule has 1 fully saturated rings. The molecule has 0 bridgehead atoms. The summed E-state index contributed by atoms with van der Waals surface area (Å²) in [6.07, 6.45) is 3.28. The van der Waals surface area contributed by atoms with Crippen LogP contribution in [-0.2, 0) is 0 Å². The maximum atomic E-state index is 12.7. The number of pyridine rings is 2. The highest BCUT2D eigenvalue weighted by Gasteiger charge is 2.23. The van der Waals surface area contributed by atoms with Crippen LogP contribution in [0.1, 0.15) is 16.2 Å². The van der Waals surface area contributed by atoms with Gasteiger partial charge < -0.3 is 19.9 Å². The van der Waals surface area contributed by atoms with E-state index in [-0.39, 0.29) is 5.91 Å². The number of ether oxygens (including phenoxy) is 1. The first-order valence-electron chi connectivity index (χ1n) is 9.70. The highest BCUT2D eigenvalue weighted by molar-refractivity contribution is 5.94. The smallest absolute Gasteiger partial charge is 0.255 e. The molecule has 3 aromatic rings. The van der Waals surface area contributed by atoms with Crippen LogP contribution >= 0.6 is 0 Å². The lowest BCUT2D eigenvalue weighted by Crippen LogP contribution is -2.49. The molecule has 0 spiro atoms. The van der Waals surface area contributed by atoms with Crippen molar-refractivity contribution in [2.75, 3.05) is 43.5 Å². The SMILES string of the molecule is COc1ccc(C(=O)N2CCN(c3cc(Nc4ccccn4)nc(C)n3)CC2)cn1. The Morgan fingerprint density at radius 3 is 2.53 bits per heavy atom. The van der Waals surface area contributed by atoms with Gasteiger partial charge in [-0.1, -0.05) is 6.07 Å². The van der Waals surface area contributed by atoms with Gasteiger partial charge in [0.2, 0.25) is 5.88 Å². The van der Waals surface area contributed by atoms with Gasteiger partial charge >= 0.3 is 0 Å². The minimum absolute atomic E-state index is 0.0267. The van der Waals surface area contributed by atoms with Crippen LogP contribution in [0, 0.1) is 6.92 Å². The average Bonchev–Trinajstić information content (AvgIpc) is 2.79. The lowest BCUT2D eigenvalue weighted by molar-refractivity contribution is 0.0746. The number of nitrogens with one attached hydrogen (secondary N) is 1. The molecule has 154 valence electrons. The number of hydrogen-bond acceptors (Lipinski definition) is 8. The van der Waals surface area contributed by atoms with Gasteiger partial charge in [-0.15, -0.1) is 0 Å². The number of carbonyl (C=O) groups excluding carboxylic acids is 1. The highest BCUT2D eigenvalue weighted by Crippen LogP contribution is 2.20. The normalized spacial score (nSPS) is 13.8. The van der Waals surface area contributed by atoms with Gasteiger partial charge in [0.25, 0.3) is 5.91 Å². The minimum atomic E-state index is -0.0267. The molecule has 0 aromatic carbocycles. The molecule has 1 aliphatic rings. The fraction of sp³-hybridized carbons (Fsp3) is 0.286. The molecular weight excluding hydrogens is 382 g/mol. The Balaban J connectivity index is 1.41. The molecule has 0 atom stereocenters. The average molecular weight is 405 g/mol. The maximum absolute atomic E-state index is 12.7. The summed E-state index contributed by atoms with van der Waals surface area (Å²) in [4.78, 5) is 34.1. The molecule has 3 aromatic heterocycles. The number of piperazine rings is 1. The van der Waals surface area contributed by atoms with Crippen LogP contribution in [0.15, 0.2) is 48.8 Å². The molecule has 1 N–H and O–H groups in total. The van der Waals surface area contributed by atoms with E-state index in [9.17, 15) is 4.79 Å². The Morgan fingerprint density at radius 2 is 1.87 bits per heavy atom. The van der Waals surface area contributed by atoms with Gasteiger partial charge in [0.15, 0.2) is 0 Å². The van der Waals surface area contributed by atoms with Crippen molar-refractivity contribution in [3.8, 4) is 5.88 Å². The van der Waals surface area contributed by atoms with Crippen molar-refractivity contribution in [3.05, 3.63) is 60.2 Å². The van der Waals surface area contributed by atoms with Crippen molar-refractivity contribution >= 4 is 23.4 Å². The van der Waals surface area contributed by atoms with Crippen LogP contribution in [0.3, 0.4) is 0 Å². The van der Waals surface area contributed by atoms with Gasteiger partial charge in [0.1, 0.15) is 23.3 Å². The summed E-state index contributed by atoms with van der Waals surface area (Å²) in [5.74, 6) is 3.39. The fourth-order valence-corrected chi connectivity index (χ4v) is 3.29. The van der Waals surface area contributed by atoms with Gasteiger partial charge in [-0.25, -0.2) is 19.9 Å². The third-order valence-corrected chi connectivity index (χ3v) is 4.83. The molecule has 1 aliphatic heterocycles. The number of hydrogen-bond donors (Lipinski definition) is 1. The fourth-order valence-electron chi connectivity index (χ4n) is 3.29. The molecule has 0 saturated carbocycles. The molecule has 0 aliphatic carbocycles. The molecule has 1 amide bonds. The number of rotatable bonds is 5. The molecule has 9 nitrogen and oxygen atoms in total. The van der Waals surface area contributed by atoms with Gasteiger partial charge in [-0.2, -0.15) is 0 Å². The Bertz CT molecular complexity index is 1000. The van der Waals surface area contributed by atoms with Gasteiger partial charge in [-0.05, 0) is 25.1 Å². The van der Waals surface area contributed by atoms with Crippen LogP contribution in [-0.4, -0.2) is 64.0 Å². The molecule has 0 unspecified atom stereocenters. The summed E-state index contributed by atoms with van der Waals surface area (Å²) in [6.45, 7) is 4.46. The van der Waals surface area contributed by atoms with Crippen molar-refractivity contribution in [2.24, 2.45) is 0 Å². The van der Waals surface area contributed by atoms with E-state index >= 15 is 0 Å². The summed E-state index contributed by atoms with van der Waals surface area (Å²) in [6, 6.07) is 11.0. The second-order valence-corrected chi connectivity index (χ2v) is 6.87. The first-order chi connectivity index (χ1) is 14.6. The number of aromatic nitrogens is 4. The van der Waals surface area contributed by atoms with E-state index in [4.69, 9.17) is 4.74 Å². The summed E-state index contributed by atoms with van der Waals surface area (Å²) in [5, 5.41) is 3.21. The Labute approximate surface area is 174 Å². The van der Waals surface area contributed by atoms with Crippen molar-refractivity contribution in [2.45, 2.75) is 6.92 Å². The topological polar surface area (TPSA) is 96.4 Å². The van der Waals surface area contributed by atoms with Gasteiger partial charge in [-0.3, -0.25) is 4.79 Å². The molecule has 4 heterocycles. The number of methoxy groups -OCH3 is 1. The molecule has 0 radical (unpaired) electrons. The second kappa shape index (κ2) is 8.73. The maximum Gasteiger partial charge on any atom is 0.255 e. The second-order valence-electron chi connectivity index (χ2n) is 6.87. The summed E-state index contributed by atoms with van der Waals surface area (Å²) in [7, 11) is 1.55. The summed E-state index contributed by atoms with van der Waals surface area (Å²) in [5.41, 5.74) is 0.559. The van der Waals surface area contributed by atoms with E-state index in [1.54, 1.807) is 31.6 Å². The van der Waals surface area contributed by atoms with Crippen LogP contribution < -0.4 is 15.0 Å². The zero-order valence-corrected chi connectivity index (χ0v) is 16.9. The lowest BCUT2D eigenvalue weighted by atomic mass is 10.2. The third-order valence-electron chi connectivity index (χ3n) is 4.83. The van der Waals surface area contributed by atoms with E-state index in [2.05, 4.69) is 30.2 Å². The number of anilines is 3. The summed E-state index contributed by atoms with van der Waals surface area (Å²) < 4.78 is 5.05. The Kier molecular flexibility index (Phi) is 5.69. The molecule has 1 saturated heterocycles. The first kappa shape index (κ1) is 19.6. The number of carbonyl (C=O) groups is 1. The highest BCUT2D eigenvalue weighted by atomic mass is 16.5. The van der Waals surface area contributed by atoms with Crippen molar-refractivity contribution in [1.29, 1.82) is 0 Å². The first-order valence-corrected chi connectivity index (χ1v) is 9.70. The third kappa shape index (κ3) is 4.45. The van der Waals surface area contributed by atoms with Crippen LogP contribution in [0.25, 0.3) is 0 Å². The predicted molar refractivity (Wildman–Crippen MR) is 113 cm³/mol. The zero-order chi connectivity index (χ0) is 20.9. The number of aryl methyl sites for hydroxylation is 1. The molecule has 4 rings (SSSR count). The van der Waals surface area contributed by atoms with Crippen molar-refractivity contribution in [3.63, 3.8) is 0 Å². The predicted octanol–water partition coefficient (Wildman–Crippen LogP) is 2.29. The van der Waals surface area contributed by atoms with E-state index in [0.717, 1.165) is 11.6 Å². The number of amides is 1. The molecule has 30 heavy (non-hydrogen) atoms. The Morgan fingerprint density at radius 1 is 1.03 bits per heavy atom. The standard InChI is InChI=1S/C21H23N7O2/c1-15-24-18(26-17-5-3-4-8-22-17)13-19(25-15)27-9-11-28(12-10-27)21(29)16-6-7-20(30-2)23-14-16/h3-8,13-14H,9-12H2,1-2H3,(H,22,24,25,26).